The fourth-order valence-corrected chi connectivity index (χ4v) is 3.62. The van der Waals surface area contributed by atoms with E-state index in [0.29, 0.717) is 12.5 Å². The predicted octanol–water partition coefficient (Wildman–Crippen LogP) is 2.73. The van der Waals surface area contributed by atoms with E-state index in [1.807, 2.05) is 0 Å². The Labute approximate surface area is 155 Å². The van der Waals surface area contributed by atoms with Crippen molar-refractivity contribution in [2.75, 3.05) is 6.54 Å². The van der Waals surface area contributed by atoms with Crippen molar-refractivity contribution in [1.29, 1.82) is 0 Å². The summed E-state index contributed by atoms with van der Waals surface area (Å²) < 4.78 is 2.12. The molecule has 138 valence electrons. The zero-order valence-corrected chi connectivity index (χ0v) is 15.8. The normalized spacial score (nSPS) is 17.2. The number of fused-ring (bicyclic) bond motifs is 1. The molecule has 0 spiro atoms. The van der Waals surface area contributed by atoms with Gasteiger partial charge in [-0.2, -0.15) is 5.10 Å². The second kappa shape index (κ2) is 7.23. The molecule has 1 saturated carbocycles. The number of nitrogens with one attached hydrogen (secondary N) is 1. The monoisotopic (exact) mass is 352 g/mol. The van der Waals surface area contributed by atoms with Crippen LogP contribution in [-0.4, -0.2) is 33.2 Å². The van der Waals surface area contributed by atoms with Gasteiger partial charge >= 0.3 is 0 Å². The van der Waals surface area contributed by atoms with Crippen LogP contribution >= 0.6 is 0 Å². The molecule has 1 fully saturated rings. The first-order valence-electron chi connectivity index (χ1n) is 9.70. The molecule has 0 saturated heterocycles. The maximum absolute atomic E-state index is 11.9. The van der Waals surface area contributed by atoms with Crippen molar-refractivity contribution in [3.05, 3.63) is 52.3 Å². The summed E-state index contributed by atoms with van der Waals surface area (Å²) in [5.74, 6) is 0.162. The molecule has 1 amide bonds. The van der Waals surface area contributed by atoms with Crippen molar-refractivity contribution in [2.24, 2.45) is 0 Å². The molecule has 0 bridgehead atoms. The maximum atomic E-state index is 11.9. The number of carbonyl (C=O) groups excluding carboxylic acids is 1. The van der Waals surface area contributed by atoms with Crippen molar-refractivity contribution < 1.29 is 4.79 Å². The molecule has 5 heteroatoms. The van der Waals surface area contributed by atoms with Crippen LogP contribution in [0.25, 0.3) is 0 Å². The molecule has 2 aliphatic rings. The second-order valence-corrected chi connectivity index (χ2v) is 7.83. The number of carbonyl (C=O) groups is 1. The number of aryl methyl sites for hydroxylation is 3. The SMILES string of the molecule is Cc1ccc(C)c(CN2CCn3nc(CCC(=O)NC4CC4)cc3C2)c1. The fraction of sp³-hybridized carbons (Fsp3) is 0.524. The van der Waals surface area contributed by atoms with Crippen LogP contribution in [0.1, 0.15) is 47.3 Å². The number of aromatic nitrogens is 2. The highest BCUT2D eigenvalue weighted by atomic mass is 16.1. The first kappa shape index (κ1) is 17.3. The second-order valence-electron chi connectivity index (χ2n) is 7.83. The van der Waals surface area contributed by atoms with Gasteiger partial charge < -0.3 is 5.32 Å². The van der Waals surface area contributed by atoms with E-state index in [0.717, 1.165) is 51.1 Å². The van der Waals surface area contributed by atoms with Gasteiger partial charge in [-0.05, 0) is 43.9 Å². The highest BCUT2D eigenvalue weighted by Crippen LogP contribution is 2.20. The summed E-state index contributed by atoms with van der Waals surface area (Å²) in [6.07, 6.45) is 3.55. The van der Waals surface area contributed by atoms with Gasteiger partial charge in [-0.3, -0.25) is 14.4 Å². The third kappa shape index (κ3) is 4.15. The minimum atomic E-state index is 0.162. The average Bonchev–Trinajstić information content (AvgIpc) is 3.32. The minimum Gasteiger partial charge on any atom is -0.353 e. The molecule has 26 heavy (non-hydrogen) atoms. The Kier molecular flexibility index (Phi) is 4.81. The summed E-state index contributed by atoms with van der Waals surface area (Å²) in [5.41, 5.74) is 6.39. The van der Waals surface area contributed by atoms with Gasteiger partial charge in [0.05, 0.1) is 17.9 Å². The van der Waals surface area contributed by atoms with E-state index in [9.17, 15) is 4.79 Å². The molecule has 2 heterocycles. The summed E-state index contributed by atoms with van der Waals surface area (Å²) in [5, 5.41) is 7.75. The van der Waals surface area contributed by atoms with Crippen molar-refractivity contribution in [3.63, 3.8) is 0 Å². The van der Waals surface area contributed by atoms with Gasteiger partial charge in [-0.25, -0.2) is 0 Å². The Morgan fingerprint density at radius 2 is 2.08 bits per heavy atom. The van der Waals surface area contributed by atoms with Crippen LogP contribution in [0.5, 0.6) is 0 Å². The number of rotatable bonds is 6. The van der Waals surface area contributed by atoms with Crippen molar-refractivity contribution in [3.8, 4) is 0 Å². The van der Waals surface area contributed by atoms with E-state index in [2.05, 4.69) is 53.0 Å². The lowest BCUT2D eigenvalue weighted by atomic mass is 10.0. The minimum absolute atomic E-state index is 0.162. The van der Waals surface area contributed by atoms with Crippen LogP contribution in [0.4, 0.5) is 0 Å². The standard InChI is InChI=1S/C21H28N4O/c1-15-3-4-16(2)17(11-15)13-24-9-10-25-20(14-24)12-19(23-25)7-8-21(26)22-18-5-6-18/h3-4,11-12,18H,5-10,13-14H2,1-2H3,(H,22,26). The smallest absolute Gasteiger partial charge is 0.220 e. The zero-order valence-electron chi connectivity index (χ0n) is 15.8. The quantitative estimate of drug-likeness (QED) is 0.870. The van der Waals surface area contributed by atoms with Gasteiger partial charge in [0.15, 0.2) is 0 Å². The molecule has 0 radical (unpaired) electrons. The lowest BCUT2D eigenvalue weighted by Crippen LogP contribution is -2.33. The third-order valence-electron chi connectivity index (χ3n) is 5.38. The largest absolute Gasteiger partial charge is 0.353 e. The molecule has 0 unspecified atom stereocenters. The first-order valence-corrected chi connectivity index (χ1v) is 9.70. The summed E-state index contributed by atoms with van der Waals surface area (Å²) in [6, 6.07) is 9.31. The average molecular weight is 352 g/mol. The van der Waals surface area contributed by atoms with E-state index in [1.54, 1.807) is 0 Å². The summed E-state index contributed by atoms with van der Waals surface area (Å²) in [7, 11) is 0. The van der Waals surface area contributed by atoms with E-state index in [1.165, 1.54) is 22.4 Å². The molecular formula is C21H28N4O. The molecule has 1 aliphatic carbocycles. The van der Waals surface area contributed by atoms with Gasteiger partial charge in [-0.15, -0.1) is 0 Å². The Hall–Kier alpha value is -2.14. The van der Waals surface area contributed by atoms with Crippen molar-refractivity contribution in [1.82, 2.24) is 20.0 Å². The summed E-state index contributed by atoms with van der Waals surface area (Å²) in [6.45, 7) is 8.19. The molecule has 4 rings (SSSR count). The Morgan fingerprint density at radius 1 is 1.23 bits per heavy atom. The van der Waals surface area contributed by atoms with Gasteiger partial charge in [0.1, 0.15) is 0 Å². The highest BCUT2D eigenvalue weighted by Gasteiger charge is 2.23. The Morgan fingerprint density at radius 3 is 2.88 bits per heavy atom. The van der Waals surface area contributed by atoms with Crippen molar-refractivity contribution in [2.45, 2.75) is 65.2 Å². The molecule has 1 aromatic heterocycles. The highest BCUT2D eigenvalue weighted by molar-refractivity contribution is 5.76. The molecule has 1 aliphatic heterocycles. The first-order chi connectivity index (χ1) is 12.6. The van der Waals surface area contributed by atoms with Crippen LogP contribution in [0.2, 0.25) is 0 Å². The molecular weight excluding hydrogens is 324 g/mol. The Balaban J connectivity index is 1.35. The van der Waals surface area contributed by atoms with Gasteiger partial charge in [-0.1, -0.05) is 23.8 Å². The van der Waals surface area contributed by atoms with E-state index in [4.69, 9.17) is 5.10 Å². The zero-order chi connectivity index (χ0) is 18.1. The lowest BCUT2D eigenvalue weighted by molar-refractivity contribution is -0.121. The van der Waals surface area contributed by atoms with E-state index in [-0.39, 0.29) is 5.91 Å². The number of hydrogen-bond acceptors (Lipinski definition) is 3. The fourth-order valence-electron chi connectivity index (χ4n) is 3.62. The third-order valence-corrected chi connectivity index (χ3v) is 5.38. The molecule has 5 nitrogen and oxygen atoms in total. The number of nitrogens with zero attached hydrogens (tertiary/aromatic N) is 3. The molecule has 2 aromatic rings. The number of hydrogen-bond donors (Lipinski definition) is 1. The van der Waals surface area contributed by atoms with Gasteiger partial charge in [0, 0.05) is 38.5 Å². The van der Waals surface area contributed by atoms with Crippen LogP contribution in [0.15, 0.2) is 24.3 Å². The molecule has 1 N–H and O–H groups in total. The summed E-state index contributed by atoms with van der Waals surface area (Å²) in [4.78, 5) is 14.4. The number of amides is 1. The predicted molar refractivity (Wildman–Crippen MR) is 102 cm³/mol. The van der Waals surface area contributed by atoms with Gasteiger partial charge in [0.2, 0.25) is 5.91 Å². The van der Waals surface area contributed by atoms with Crippen LogP contribution in [0.3, 0.4) is 0 Å². The van der Waals surface area contributed by atoms with E-state index < -0.39 is 0 Å². The lowest BCUT2D eigenvalue weighted by Gasteiger charge is -2.28. The van der Waals surface area contributed by atoms with Crippen LogP contribution in [-0.2, 0) is 30.8 Å². The van der Waals surface area contributed by atoms with Gasteiger partial charge in [0.25, 0.3) is 0 Å². The maximum Gasteiger partial charge on any atom is 0.220 e. The van der Waals surface area contributed by atoms with Crippen LogP contribution in [0, 0.1) is 13.8 Å². The molecule has 1 aromatic carbocycles. The molecule has 0 atom stereocenters. The van der Waals surface area contributed by atoms with Crippen molar-refractivity contribution >= 4 is 5.91 Å². The van der Waals surface area contributed by atoms with Crippen LogP contribution < -0.4 is 5.32 Å². The summed E-state index contributed by atoms with van der Waals surface area (Å²) >= 11 is 0. The Bertz CT molecular complexity index is 806. The van der Waals surface area contributed by atoms with E-state index >= 15 is 0 Å². The number of benzene rings is 1. The topological polar surface area (TPSA) is 50.2 Å².